The second-order valence-electron chi connectivity index (χ2n) is 13.0. The molecular formula is C32H48O4. The number of allylic oxidation sites excluding steroid dienone is 3. The van der Waals surface area contributed by atoms with Crippen LogP contribution in [0.15, 0.2) is 47.6 Å². The molecule has 0 aromatic carbocycles. The second-order valence-corrected chi connectivity index (χ2v) is 13.0. The maximum atomic E-state index is 12.3. The SMILES string of the molecule is C=C1C(=CC=C2CCC[C@]3(C)[C@@H]([C@H](C)C[C@H]4OC(=O)C(=C)[C@H]4CC(C)C)CC[C@@H]23)C[C@@H](O)[C@H](C)[C@@H]1O. The number of aliphatic hydroxyl groups excluding tert-OH is 2. The highest BCUT2D eigenvalue weighted by atomic mass is 16.6. The molecule has 0 unspecified atom stereocenters. The van der Waals surface area contributed by atoms with Crippen LogP contribution in [0.1, 0.15) is 86.0 Å². The maximum Gasteiger partial charge on any atom is 0.334 e. The molecule has 0 aromatic rings. The van der Waals surface area contributed by atoms with Crippen molar-refractivity contribution in [3.8, 4) is 0 Å². The fraction of sp³-hybridized carbons (Fsp3) is 0.719. The van der Waals surface area contributed by atoms with Gasteiger partial charge in [-0.1, -0.05) is 65.5 Å². The molecule has 200 valence electrons. The van der Waals surface area contributed by atoms with E-state index in [2.05, 4.69) is 53.0 Å². The molecule has 4 nitrogen and oxygen atoms in total. The molecule has 36 heavy (non-hydrogen) atoms. The Kier molecular flexibility index (Phi) is 8.07. The van der Waals surface area contributed by atoms with E-state index in [1.165, 1.54) is 31.3 Å². The minimum absolute atomic E-state index is 0.0362. The van der Waals surface area contributed by atoms with Crippen LogP contribution in [-0.2, 0) is 9.53 Å². The zero-order valence-corrected chi connectivity index (χ0v) is 23.1. The number of esters is 1. The van der Waals surface area contributed by atoms with Crippen molar-refractivity contribution in [1.29, 1.82) is 0 Å². The number of ether oxygens (including phenoxy) is 1. The van der Waals surface area contributed by atoms with E-state index < -0.39 is 12.2 Å². The van der Waals surface area contributed by atoms with Crippen LogP contribution < -0.4 is 0 Å². The summed E-state index contributed by atoms with van der Waals surface area (Å²) in [6.45, 7) is 19.3. The molecule has 1 heterocycles. The molecule has 4 heteroatoms. The molecule has 1 aliphatic heterocycles. The Labute approximate surface area is 218 Å². The Bertz CT molecular complexity index is 942. The molecule has 3 aliphatic carbocycles. The van der Waals surface area contributed by atoms with Crippen molar-refractivity contribution in [3.05, 3.63) is 47.6 Å². The number of aliphatic hydroxyl groups is 2. The Balaban J connectivity index is 1.48. The number of cyclic esters (lactones) is 1. The van der Waals surface area contributed by atoms with E-state index >= 15 is 0 Å². The summed E-state index contributed by atoms with van der Waals surface area (Å²) in [7, 11) is 0. The number of hydrogen-bond acceptors (Lipinski definition) is 4. The van der Waals surface area contributed by atoms with E-state index in [0.717, 1.165) is 30.4 Å². The predicted molar refractivity (Wildman–Crippen MR) is 145 cm³/mol. The van der Waals surface area contributed by atoms with Crippen LogP contribution in [0.4, 0.5) is 0 Å². The van der Waals surface area contributed by atoms with E-state index in [4.69, 9.17) is 4.74 Å². The summed E-state index contributed by atoms with van der Waals surface area (Å²) in [6.07, 6.45) is 11.6. The van der Waals surface area contributed by atoms with E-state index in [-0.39, 0.29) is 29.3 Å². The van der Waals surface area contributed by atoms with Crippen LogP contribution in [0, 0.1) is 40.9 Å². The Hall–Kier alpha value is -1.65. The van der Waals surface area contributed by atoms with Gasteiger partial charge in [-0.2, -0.15) is 0 Å². The zero-order valence-electron chi connectivity index (χ0n) is 23.1. The highest BCUT2D eigenvalue weighted by molar-refractivity contribution is 5.90. The molecule has 0 aromatic heterocycles. The lowest BCUT2D eigenvalue weighted by atomic mass is 9.60. The normalized spacial score (nSPS) is 42.3. The van der Waals surface area contributed by atoms with Gasteiger partial charge < -0.3 is 14.9 Å². The predicted octanol–water partition coefficient (Wildman–Crippen LogP) is 6.54. The Morgan fingerprint density at radius 3 is 2.53 bits per heavy atom. The van der Waals surface area contributed by atoms with Crippen molar-refractivity contribution in [2.24, 2.45) is 40.9 Å². The van der Waals surface area contributed by atoms with Gasteiger partial charge in [0.2, 0.25) is 0 Å². The van der Waals surface area contributed by atoms with Crippen LogP contribution in [0.5, 0.6) is 0 Å². The number of carbonyl (C=O) groups is 1. The average molecular weight is 497 g/mol. The molecule has 0 spiro atoms. The van der Waals surface area contributed by atoms with Crippen molar-refractivity contribution >= 4 is 5.97 Å². The van der Waals surface area contributed by atoms with Crippen LogP contribution in [0.25, 0.3) is 0 Å². The van der Waals surface area contributed by atoms with Crippen LogP contribution in [-0.4, -0.2) is 34.5 Å². The smallest absolute Gasteiger partial charge is 0.334 e. The summed E-state index contributed by atoms with van der Waals surface area (Å²) in [5, 5.41) is 20.8. The van der Waals surface area contributed by atoms with Gasteiger partial charge in [0.25, 0.3) is 0 Å². The van der Waals surface area contributed by atoms with Crippen LogP contribution in [0.2, 0.25) is 0 Å². The summed E-state index contributed by atoms with van der Waals surface area (Å²) in [6, 6.07) is 0. The quantitative estimate of drug-likeness (QED) is 0.323. The lowest BCUT2D eigenvalue weighted by Gasteiger charge is -2.45. The monoisotopic (exact) mass is 496 g/mol. The summed E-state index contributed by atoms with van der Waals surface area (Å²) >= 11 is 0. The molecule has 0 amide bonds. The average Bonchev–Trinajstić information content (AvgIpc) is 3.30. The van der Waals surface area contributed by atoms with Gasteiger partial charge in [0.05, 0.1) is 12.2 Å². The Morgan fingerprint density at radius 2 is 1.83 bits per heavy atom. The molecule has 2 N–H and O–H groups in total. The van der Waals surface area contributed by atoms with E-state index in [0.29, 0.717) is 35.7 Å². The van der Waals surface area contributed by atoms with E-state index in [1.807, 2.05) is 6.92 Å². The summed E-state index contributed by atoms with van der Waals surface area (Å²) in [5.41, 5.74) is 4.17. The van der Waals surface area contributed by atoms with Gasteiger partial charge in [-0.05, 0) is 91.6 Å². The molecule has 1 saturated heterocycles. The molecule has 0 bridgehead atoms. The minimum Gasteiger partial charge on any atom is -0.458 e. The van der Waals surface area contributed by atoms with Crippen molar-refractivity contribution < 1.29 is 19.7 Å². The standard InChI is InChI=1S/C32H48O4/c1-18(2)15-25-21(5)31(35)36-29(25)16-19(3)26-12-13-27-23(9-8-14-32(26,27)7)10-11-24-17-28(33)22(6)30(34)20(24)4/h10-11,18-19,22,25-30,33-34H,4-5,8-9,12-17H2,1-3,6-7H3/t19-,22+,25-,26-,27+,28-,29-,30-,32-/m1/s1. The largest absolute Gasteiger partial charge is 0.458 e. The number of hydrogen-bond donors (Lipinski definition) is 2. The second kappa shape index (κ2) is 10.6. The molecule has 3 saturated carbocycles. The third kappa shape index (κ3) is 5.05. The fourth-order valence-corrected chi connectivity index (χ4v) is 8.07. The van der Waals surface area contributed by atoms with E-state index in [9.17, 15) is 15.0 Å². The Morgan fingerprint density at radius 1 is 1.11 bits per heavy atom. The van der Waals surface area contributed by atoms with Gasteiger partial charge in [-0.15, -0.1) is 0 Å². The molecule has 9 atom stereocenters. The number of fused-ring (bicyclic) bond motifs is 1. The molecule has 4 aliphatic rings. The summed E-state index contributed by atoms with van der Waals surface area (Å²) < 4.78 is 5.84. The highest BCUT2D eigenvalue weighted by Gasteiger charge is 2.51. The van der Waals surface area contributed by atoms with Gasteiger partial charge in [0.1, 0.15) is 6.10 Å². The van der Waals surface area contributed by atoms with Crippen molar-refractivity contribution in [3.63, 3.8) is 0 Å². The summed E-state index contributed by atoms with van der Waals surface area (Å²) in [4.78, 5) is 12.3. The third-order valence-corrected chi connectivity index (χ3v) is 10.3. The first-order chi connectivity index (χ1) is 16.9. The first-order valence-electron chi connectivity index (χ1n) is 14.3. The lowest BCUT2D eigenvalue weighted by Crippen LogP contribution is -2.37. The lowest BCUT2D eigenvalue weighted by molar-refractivity contribution is -0.140. The molecule has 4 rings (SSSR count). The van der Waals surface area contributed by atoms with Gasteiger partial charge in [-0.25, -0.2) is 4.79 Å². The minimum atomic E-state index is -0.674. The zero-order chi connectivity index (χ0) is 26.4. The first-order valence-corrected chi connectivity index (χ1v) is 14.3. The molecule has 4 fully saturated rings. The van der Waals surface area contributed by atoms with Gasteiger partial charge in [0.15, 0.2) is 0 Å². The number of rotatable bonds is 6. The first kappa shape index (κ1) is 27.4. The van der Waals surface area contributed by atoms with Gasteiger partial charge >= 0.3 is 5.97 Å². The van der Waals surface area contributed by atoms with Crippen molar-refractivity contribution in [1.82, 2.24) is 0 Å². The number of carbonyl (C=O) groups excluding carboxylic acids is 1. The van der Waals surface area contributed by atoms with Crippen LogP contribution >= 0.6 is 0 Å². The van der Waals surface area contributed by atoms with Gasteiger partial charge in [-0.3, -0.25) is 0 Å². The van der Waals surface area contributed by atoms with Gasteiger partial charge in [0, 0.05) is 17.4 Å². The summed E-state index contributed by atoms with van der Waals surface area (Å²) in [5.74, 6) is 1.95. The van der Waals surface area contributed by atoms with Crippen molar-refractivity contribution in [2.75, 3.05) is 0 Å². The molecule has 0 radical (unpaired) electrons. The highest BCUT2D eigenvalue weighted by Crippen LogP contribution is 2.60. The molecular weight excluding hydrogens is 448 g/mol. The van der Waals surface area contributed by atoms with Crippen LogP contribution in [0.3, 0.4) is 0 Å². The maximum absolute atomic E-state index is 12.3. The van der Waals surface area contributed by atoms with E-state index in [1.54, 1.807) is 0 Å². The fourth-order valence-electron chi connectivity index (χ4n) is 8.07. The third-order valence-electron chi connectivity index (χ3n) is 10.3. The topological polar surface area (TPSA) is 66.8 Å². The van der Waals surface area contributed by atoms with Crippen molar-refractivity contribution in [2.45, 2.75) is 104 Å².